The number of rotatable bonds is 5. The Kier molecular flexibility index (Phi) is 5.40. The van der Waals surface area contributed by atoms with Crippen LogP contribution in [0.1, 0.15) is 32.8 Å². The van der Waals surface area contributed by atoms with Gasteiger partial charge in [-0.3, -0.25) is 9.79 Å². The molecular weight excluding hydrogens is 212 g/mol. The van der Waals surface area contributed by atoms with Crippen molar-refractivity contribution in [2.45, 2.75) is 27.2 Å². The zero-order valence-corrected chi connectivity index (χ0v) is 10.7. The van der Waals surface area contributed by atoms with Crippen LogP contribution >= 0.6 is 0 Å². The molecule has 0 saturated heterocycles. The minimum absolute atomic E-state index is 0.0526. The van der Waals surface area contributed by atoms with E-state index >= 15 is 0 Å². The van der Waals surface area contributed by atoms with E-state index in [1.807, 2.05) is 30.5 Å². The molecule has 0 saturated carbocycles. The van der Waals surface area contributed by atoms with Gasteiger partial charge in [-0.05, 0) is 23.6 Å². The molecular formula is C14H20N2O. The molecule has 0 aliphatic rings. The van der Waals surface area contributed by atoms with E-state index in [1.165, 1.54) is 6.92 Å². The highest BCUT2D eigenvalue weighted by molar-refractivity contribution is 5.89. The molecule has 0 aliphatic heterocycles. The van der Waals surface area contributed by atoms with Gasteiger partial charge in [-0.15, -0.1) is 0 Å². The van der Waals surface area contributed by atoms with Crippen molar-refractivity contribution in [1.29, 1.82) is 0 Å². The Morgan fingerprint density at radius 3 is 2.59 bits per heavy atom. The Labute approximate surface area is 103 Å². The third-order valence-corrected chi connectivity index (χ3v) is 2.59. The molecule has 3 nitrogen and oxygen atoms in total. The summed E-state index contributed by atoms with van der Waals surface area (Å²) in [5.74, 6) is 0.577. The molecule has 1 rings (SSSR count). The predicted molar refractivity (Wildman–Crippen MR) is 72.7 cm³/mol. The van der Waals surface area contributed by atoms with Gasteiger partial charge in [0.1, 0.15) is 0 Å². The van der Waals surface area contributed by atoms with E-state index in [2.05, 4.69) is 24.2 Å². The van der Waals surface area contributed by atoms with Crippen LogP contribution in [0.15, 0.2) is 29.3 Å². The number of nitrogens with one attached hydrogen (secondary N) is 1. The fraction of sp³-hybridized carbons (Fsp3) is 0.429. The number of carbonyl (C=O) groups excluding carboxylic acids is 1. The van der Waals surface area contributed by atoms with Crippen molar-refractivity contribution in [3.63, 3.8) is 0 Å². The number of anilines is 1. The maximum atomic E-state index is 10.8. The van der Waals surface area contributed by atoms with Crippen LogP contribution < -0.4 is 5.32 Å². The standard InChI is InChI=1S/C14H20N2O/c1-4-11(2)9-15-10-13-5-7-14(8-6-13)16-12(3)17/h5-8,10-11H,4,9H2,1-3H3,(H,16,17)/b15-10+. The molecule has 1 unspecified atom stereocenters. The summed E-state index contributed by atoms with van der Waals surface area (Å²) >= 11 is 0. The Hall–Kier alpha value is -1.64. The minimum Gasteiger partial charge on any atom is -0.326 e. The van der Waals surface area contributed by atoms with Crippen molar-refractivity contribution in [3.05, 3.63) is 29.8 Å². The first kappa shape index (κ1) is 13.4. The highest BCUT2D eigenvalue weighted by Crippen LogP contribution is 2.08. The fourth-order valence-corrected chi connectivity index (χ4v) is 1.32. The Balaban J connectivity index is 2.53. The van der Waals surface area contributed by atoms with Crippen LogP contribution in [0.5, 0.6) is 0 Å². The molecule has 1 amide bonds. The van der Waals surface area contributed by atoms with Crippen molar-refractivity contribution < 1.29 is 4.79 Å². The van der Waals surface area contributed by atoms with E-state index in [4.69, 9.17) is 0 Å². The van der Waals surface area contributed by atoms with Crippen LogP contribution in [0.25, 0.3) is 0 Å². The summed E-state index contributed by atoms with van der Waals surface area (Å²) in [7, 11) is 0. The van der Waals surface area contributed by atoms with Crippen LogP contribution in [0.4, 0.5) is 5.69 Å². The summed E-state index contributed by atoms with van der Waals surface area (Å²) in [6, 6.07) is 7.66. The molecule has 0 radical (unpaired) electrons. The molecule has 0 heterocycles. The van der Waals surface area contributed by atoms with Crippen LogP contribution in [-0.4, -0.2) is 18.7 Å². The number of benzene rings is 1. The van der Waals surface area contributed by atoms with Crippen molar-refractivity contribution in [2.24, 2.45) is 10.9 Å². The maximum Gasteiger partial charge on any atom is 0.221 e. The van der Waals surface area contributed by atoms with Gasteiger partial charge in [0.25, 0.3) is 0 Å². The van der Waals surface area contributed by atoms with E-state index in [9.17, 15) is 4.79 Å². The molecule has 1 atom stereocenters. The molecule has 3 heteroatoms. The number of amides is 1. The molecule has 1 aromatic carbocycles. The number of aliphatic imine (C=N–C) groups is 1. The Bertz CT molecular complexity index is 382. The lowest BCUT2D eigenvalue weighted by Crippen LogP contribution is -2.05. The van der Waals surface area contributed by atoms with E-state index in [0.29, 0.717) is 5.92 Å². The highest BCUT2D eigenvalue weighted by atomic mass is 16.1. The van der Waals surface area contributed by atoms with Crippen LogP contribution in [-0.2, 0) is 4.79 Å². The highest BCUT2D eigenvalue weighted by Gasteiger charge is 1.96. The topological polar surface area (TPSA) is 41.5 Å². The first-order valence-corrected chi connectivity index (χ1v) is 5.99. The Morgan fingerprint density at radius 1 is 1.41 bits per heavy atom. The van der Waals surface area contributed by atoms with E-state index in [0.717, 1.165) is 24.2 Å². The summed E-state index contributed by atoms with van der Waals surface area (Å²) in [4.78, 5) is 15.2. The first-order valence-electron chi connectivity index (χ1n) is 5.99. The largest absolute Gasteiger partial charge is 0.326 e. The van der Waals surface area contributed by atoms with Gasteiger partial charge >= 0.3 is 0 Å². The zero-order valence-electron chi connectivity index (χ0n) is 10.7. The van der Waals surface area contributed by atoms with Gasteiger partial charge < -0.3 is 5.32 Å². The first-order chi connectivity index (χ1) is 8.11. The summed E-state index contributed by atoms with van der Waals surface area (Å²) in [5.41, 5.74) is 1.87. The number of carbonyl (C=O) groups is 1. The summed E-state index contributed by atoms with van der Waals surface area (Å²) in [6.45, 7) is 6.73. The van der Waals surface area contributed by atoms with E-state index in [1.54, 1.807) is 0 Å². The molecule has 1 N–H and O–H groups in total. The lowest BCUT2D eigenvalue weighted by Gasteiger charge is -2.03. The molecule has 0 spiro atoms. The molecule has 0 aromatic heterocycles. The lowest BCUT2D eigenvalue weighted by molar-refractivity contribution is -0.114. The quantitative estimate of drug-likeness (QED) is 0.779. The van der Waals surface area contributed by atoms with Gasteiger partial charge in [-0.2, -0.15) is 0 Å². The number of hydrogen-bond acceptors (Lipinski definition) is 2. The van der Waals surface area contributed by atoms with Gasteiger partial charge in [0, 0.05) is 25.4 Å². The average molecular weight is 232 g/mol. The molecule has 17 heavy (non-hydrogen) atoms. The fourth-order valence-electron chi connectivity index (χ4n) is 1.32. The van der Waals surface area contributed by atoms with Crippen LogP contribution in [0.3, 0.4) is 0 Å². The summed E-state index contributed by atoms with van der Waals surface area (Å²) < 4.78 is 0. The van der Waals surface area contributed by atoms with Gasteiger partial charge in [-0.25, -0.2) is 0 Å². The summed E-state index contributed by atoms with van der Waals surface area (Å²) in [6.07, 6.45) is 3.03. The smallest absolute Gasteiger partial charge is 0.221 e. The molecule has 92 valence electrons. The third-order valence-electron chi connectivity index (χ3n) is 2.59. The second-order valence-electron chi connectivity index (χ2n) is 4.31. The van der Waals surface area contributed by atoms with Crippen molar-refractivity contribution in [1.82, 2.24) is 0 Å². The third kappa shape index (κ3) is 5.29. The van der Waals surface area contributed by atoms with E-state index < -0.39 is 0 Å². The van der Waals surface area contributed by atoms with Crippen LogP contribution in [0.2, 0.25) is 0 Å². The lowest BCUT2D eigenvalue weighted by atomic mass is 10.1. The van der Waals surface area contributed by atoms with E-state index in [-0.39, 0.29) is 5.91 Å². The van der Waals surface area contributed by atoms with Crippen molar-refractivity contribution in [2.75, 3.05) is 11.9 Å². The molecule has 0 bridgehead atoms. The van der Waals surface area contributed by atoms with Crippen LogP contribution in [0, 0.1) is 5.92 Å². The van der Waals surface area contributed by atoms with Gasteiger partial charge in [0.2, 0.25) is 5.91 Å². The normalized spacial score (nSPS) is 12.6. The van der Waals surface area contributed by atoms with Crippen molar-refractivity contribution >= 4 is 17.8 Å². The summed E-state index contributed by atoms with van der Waals surface area (Å²) in [5, 5.41) is 2.73. The number of nitrogens with zero attached hydrogens (tertiary/aromatic N) is 1. The molecule has 1 aromatic rings. The number of hydrogen-bond donors (Lipinski definition) is 1. The predicted octanol–water partition coefficient (Wildman–Crippen LogP) is 3.11. The monoisotopic (exact) mass is 232 g/mol. The second-order valence-corrected chi connectivity index (χ2v) is 4.31. The Morgan fingerprint density at radius 2 is 2.06 bits per heavy atom. The maximum absolute atomic E-state index is 10.8. The second kappa shape index (κ2) is 6.84. The van der Waals surface area contributed by atoms with Crippen molar-refractivity contribution in [3.8, 4) is 0 Å². The molecule has 0 aliphatic carbocycles. The van der Waals surface area contributed by atoms with Gasteiger partial charge in [-0.1, -0.05) is 32.4 Å². The molecule has 0 fully saturated rings. The van der Waals surface area contributed by atoms with Gasteiger partial charge in [0.15, 0.2) is 0 Å². The average Bonchev–Trinajstić information content (AvgIpc) is 2.30. The zero-order chi connectivity index (χ0) is 12.7. The minimum atomic E-state index is -0.0526. The van der Waals surface area contributed by atoms with Gasteiger partial charge in [0.05, 0.1) is 0 Å². The SMILES string of the molecule is CCC(C)C/N=C/c1ccc(NC(C)=O)cc1.